The van der Waals surface area contributed by atoms with Gasteiger partial charge in [0, 0.05) is 30.5 Å². The molecular formula is C31H29Cl3N4OS. The number of nitrogens with one attached hydrogen (secondary N) is 1. The molecule has 1 N–H and O–H groups in total. The van der Waals surface area contributed by atoms with E-state index in [1.807, 2.05) is 48.5 Å². The fourth-order valence-corrected chi connectivity index (χ4v) is 7.07. The molecule has 4 atom stereocenters. The van der Waals surface area contributed by atoms with E-state index in [2.05, 4.69) is 46.1 Å². The average Bonchev–Trinajstić information content (AvgIpc) is 3.54. The molecule has 2 aromatic carbocycles. The predicted molar refractivity (Wildman–Crippen MR) is 169 cm³/mol. The van der Waals surface area contributed by atoms with Gasteiger partial charge in [-0.2, -0.15) is 0 Å². The van der Waals surface area contributed by atoms with E-state index in [1.165, 1.54) is 6.42 Å². The van der Waals surface area contributed by atoms with Gasteiger partial charge in [-0.1, -0.05) is 60.8 Å². The van der Waals surface area contributed by atoms with Gasteiger partial charge in [0.2, 0.25) is 0 Å². The van der Waals surface area contributed by atoms with Crippen molar-refractivity contribution in [3.8, 4) is 11.3 Å². The molecule has 206 valence electrons. The van der Waals surface area contributed by atoms with Gasteiger partial charge in [0.1, 0.15) is 17.6 Å². The van der Waals surface area contributed by atoms with Crippen molar-refractivity contribution >= 4 is 63.5 Å². The molecule has 2 saturated heterocycles. The number of hydrogen-bond acceptors (Lipinski definition) is 4. The zero-order valence-corrected chi connectivity index (χ0v) is 25.2. The summed E-state index contributed by atoms with van der Waals surface area (Å²) in [6.45, 7) is 6.60. The summed E-state index contributed by atoms with van der Waals surface area (Å²) in [7, 11) is 0. The summed E-state index contributed by atoms with van der Waals surface area (Å²) in [4.78, 5) is 9.09. The minimum atomic E-state index is -0.314. The number of benzene rings is 2. The van der Waals surface area contributed by atoms with Crippen LogP contribution in [0.3, 0.4) is 0 Å². The highest BCUT2D eigenvalue weighted by molar-refractivity contribution is 7.80. The topological polar surface area (TPSA) is 44.5 Å². The van der Waals surface area contributed by atoms with Gasteiger partial charge in [-0.15, -0.1) is 0 Å². The maximum atomic E-state index is 6.95. The van der Waals surface area contributed by atoms with Gasteiger partial charge < -0.3 is 19.5 Å². The SMILES string of the molecule is CC1CC(C)CN(c2ccc(N3C(=S)NC(c4ccccn4)C3c3ccc(-c4cccc(Cl)c4Cl)o3)cc2Cl)C1. The Kier molecular flexibility index (Phi) is 7.71. The highest BCUT2D eigenvalue weighted by Crippen LogP contribution is 2.45. The largest absolute Gasteiger partial charge is 0.459 e. The van der Waals surface area contributed by atoms with Gasteiger partial charge >= 0.3 is 0 Å². The number of halogens is 3. The van der Waals surface area contributed by atoms with Crippen LogP contribution < -0.4 is 15.1 Å². The van der Waals surface area contributed by atoms with Gasteiger partial charge in [0.05, 0.1) is 32.5 Å². The zero-order valence-electron chi connectivity index (χ0n) is 22.2. The third-order valence-electron chi connectivity index (χ3n) is 7.65. The highest BCUT2D eigenvalue weighted by Gasteiger charge is 2.43. The van der Waals surface area contributed by atoms with E-state index in [9.17, 15) is 0 Å². The Morgan fingerprint density at radius 2 is 1.73 bits per heavy atom. The fraction of sp³-hybridized carbons (Fsp3) is 0.290. The average molecular weight is 612 g/mol. The first kappa shape index (κ1) is 27.4. The van der Waals surface area contributed by atoms with E-state index in [1.54, 1.807) is 12.3 Å². The van der Waals surface area contributed by atoms with Gasteiger partial charge in [0.25, 0.3) is 0 Å². The van der Waals surface area contributed by atoms with E-state index in [0.717, 1.165) is 35.7 Å². The van der Waals surface area contributed by atoms with Crippen molar-refractivity contribution in [1.29, 1.82) is 0 Å². The summed E-state index contributed by atoms with van der Waals surface area (Å²) < 4.78 is 6.46. The number of pyridine rings is 1. The van der Waals surface area contributed by atoms with Crippen LogP contribution >= 0.6 is 47.0 Å². The maximum Gasteiger partial charge on any atom is 0.174 e. The summed E-state index contributed by atoms with van der Waals surface area (Å²) in [6.07, 6.45) is 3.02. The minimum absolute atomic E-state index is 0.246. The van der Waals surface area contributed by atoms with Crippen LogP contribution in [-0.4, -0.2) is 23.2 Å². The number of rotatable bonds is 5. The van der Waals surface area contributed by atoms with Crippen LogP contribution in [0.1, 0.15) is 43.8 Å². The molecule has 6 rings (SSSR count). The fourth-order valence-electron chi connectivity index (χ4n) is 6.03. The highest BCUT2D eigenvalue weighted by atomic mass is 35.5. The lowest BCUT2D eigenvalue weighted by atomic mass is 9.91. The molecule has 4 aromatic rings. The smallest absolute Gasteiger partial charge is 0.174 e. The Hall–Kier alpha value is -2.77. The van der Waals surface area contributed by atoms with Crippen LogP contribution in [0.2, 0.25) is 15.1 Å². The third-order valence-corrected chi connectivity index (χ3v) is 9.09. The first-order valence-electron chi connectivity index (χ1n) is 13.4. The molecule has 0 bridgehead atoms. The zero-order chi connectivity index (χ0) is 28.0. The second-order valence-corrected chi connectivity index (χ2v) is 12.4. The molecule has 4 heterocycles. The number of anilines is 2. The number of nitrogens with zero attached hydrogens (tertiary/aromatic N) is 3. The molecule has 4 unspecified atom stereocenters. The van der Waals surface area contributed by atoms with Gasteiger partial charge in [-0.25, -0.2) is 0 Å². The molecule has 2 aliphatic heterocycles. The van der Waals surface area contributed by atoms with Crippen molar-refractivity contribution in [2.75, 3.05) is 22.9 Å². The van der Waals surface area contributed by atoms with Crippen molar-refractivity contribution in [1.82, 2.24) is 10.3 Å². The lowest BCUT2D eigenvalue weighted by molar-refractivity contribution is 0.357. The van der Waals surface area contributed by atoms with Crippen molar-refractivity contribution in [2.24, 2.45) is 11.8 Å². The second kappa shape index (κ2) is 11.2. The van der Waals surface area contributed by atoms with Crippen LogP contribution in [-0.2, 0) is 0 Å². The van der Waals surface area contributed by atoms with Crippen molar-refractivity contribution in [2.45, 2.75) is 32.4 Å². The van der Waals surface area contributed by atoms with Crippen LogP contribution in [0.15, 0.2) is 77.3 Å². The summed E-state index contributed by atoms with van der Waals surface area (Å²) in [6, 6.07) is 20.9. The van der Waals surface area contributed by atoms with Gasteiger partial charge in [-0.05, 0) is 85.1 Å². The van der Waals surface area contributed by atoms with Crippen molar-refractivity contribution in [3.05, 3.63) is 99.4 Å². The first-order chi connectivity index (χ1) is 19.3. The molecule has 0 saturated carbocycles. The Morgan fingerprint density at radius 3 is 2.45 bits per heavy atom. The Morgan fingerprint density at radius 1 is 0.925 bits per heavy atom. The number of aromatic nitrogens is 1. The minimum Gasteiger partial charge on any atom is -0.459 e. The molecule has 5 nitrogen and oxygen atoms in total. The van der Waals surface area contributed by atoms with Crippen LogP contribution in [0, 0.1) is 11.8 Å². The predicted octanol–water partition coefficient (Wildman–Crippen LogP) is 8.96. The normalized spacial score (nSPS) is 23.0. The lowest BCUT2D eigenvalue weighted by Gasteiger charge is -2.37. The Bertz CT molecular complexity index is 1530. The number of thiocarbonyl (C=S) groups is 1. The first-order valence-corrected chi connectivity index (χ1v) is 14.9. The summed E-state index contributed by atoms with van der Waals surface area (Å²) in [5, 5.41) is 5.68. The summed E-state index contributed by atoms with van der Waals surface area (Å²) >= 11 is 25.7. The molecule has 0 aliphatic carbocycles. The Labute approximate surface area is 255 Å². The van der Waals surface area contributed by atoms with Crippen LogP contribution in [0.25, 0.3) is 11.3 Å². The molecule has 0 amide bonds. The number of furan rings is 1. The molecule has 2 aromatic heterocycles. The van der Waals surface area contributed by atoms with E-state index in [0.29, 0.717) is 43.5 Å². The maximum absolute atomic E-state index is 6.95. The quantitative estimate of drug-likeness (QED) is 0.227. The van der Waals surface area contributed by atoms with E-state index < -0.39 is 0 Å². The molecule has 2 aliphatic rings. The standard InChI is InChI=1S/C31H29Cl3N4OS/c1-18-14-19(2)17-37(16-18)25-10-9-20(15-23(25)33)38-30(29(36-31(38)40)24-8-3-4-13-35-24)27-12-11-26(39-27)21-6-5-7-22(32)28(21)34/h3-13,15,18-19,29-30H,14,16-17H2,1-2H3,(H,36,40). The lowest BCUT2D eigenvalue weighted by Crippen LogP contribution is -2.38. The van der Waals surface area contributed by atoms with E-state index >= 15 is 0 Å². The summed E-state index contributed by atoms with van der Waals surface area (Å²) in [5.41, 5.74) is 3.52. The number of piperidine rings is 1. The number of hydrogen-bond donors (Lipinski definition) is 1. The monoisotopic (exact) mass is 610 g/mol. The Balaban J connectivity index is 1.40. The van der Waals surface area contributed by atoms with E-state index in [-0.39, 0.29) is 12.1 Å². The second-order valence-electron chi connectivity index (χ2n) is 10.8. The summed E-state index contributed by atoms with van der Waals surface area (Å²) in [5.74, 6) is 2.59. The van der Waals surface area contributed by atoms with Gasteiger partial charge in [-0.3, -0.25) is 4.98 Å². The molecular weight excluding hydrogens is 583 g/mol. The van der Waals surface area contributed by atoms with Crippen molar-refractivity contribution < 1.29 is 4.42 Å². The van der Waals surface area contributed by atoms with Gasteiger partial charge in [0.15, 0.2) is 5.11 Å². The molecule has 9 heteroatoms. The van der Waals surface area contributed by atoms with Crippen molar-refractivity contribution in [3.63, 3.8) is 0 Å². The molecule has 2 fully saturated rings. The molecule has 40 heavy (non-hydrogen) atoms. The van der Waals surface area contributed by atoms with Crippen LogP contribution in [0.5, 0.6) is 0 Å². The third kappa shape index (κ3) is 5.18. The molecule has 0 spiro atoms. The van der Waals surface area contributed by atoms with E-state index in [4.69, 9.17) is 51.4 Å². The molecule has 0 radical (unpaired) electrons. The van der Waals surface area contributed by atoms with Crippen LogP contribution in [0.4, 0.5) is 11.4 Å².